The molecule has 0 aliphatic carbocycles. The lowest BCUT2D eigenvalue weighted by molar-refractivity contribution is -0.384. The molecule has 0 fully saturated rings. The van der Waals surface area contributed by atoms with Gasteiger partial charge in [-0.05, 0) is 55.0 Å². The Bertz CT molecular complexity index is 1160. The van der Waals surface area contributed by atoms with E-state index in [2.05, 4.69) is 5.32 Å². The summed E-state index contributed by atoms with van der Waals surface area (Å²) in [5.41, 5.74) is 0.965. The monoisotopic (exact) mass is 407 g/mol. The summed E-state index contributed by atoms with van der Waals surface area (Å²) >= 11 is 5.87. The van der Waals surface area contributed by atoms with E-state index in [0.29, 0.717) is 22.1 Å². The maximum atomic E-state index is 12.4. The number of nitro benzene ring substituents is 1. The Hall–Kier alpha value is -3.89. The van der Waals surface area contributed by atoms with E-state index in [1.54, 1.807) is 55.5 Å². The normalized spacial score (nSPS) is 11.0. The summed E-state index contributed by atoms with van der Waals surface area (Å²) in [5.74, 6) is 0.0590. The lowest BCUT2D eigenvalue weighted by Crippen LogP contribution is -2.14. The van der Waals surface area contributed by atoms with Gasteiger partial charge in [-0.25, -0.2) is 0 Å². The number of aryl methyl sites for hydroxylation is 1. The SMILES string of the molecule is Cc1ccc(NC(=O)C(C#N)=Cc2ccc(-c3ccc(Cl)cc3)o2)c([N+](=O)[O-])c1. The molecule has 0 saturated carbocycles. The maximum Gasteiger partial charge on any atom is 0.293 e. The van der Waals surface area contributed by atoms with Gasteiger partial charge in [0.25, 0.3) is 11.6 Å². The molecule has 0 unspecified atom stereocenters. The summed E-state index contributed by atoms with van der Waals surface area (Å²) in [4.78, 5) is 23.0. The molecule has 144 valence electrons. The number of nitro groups is 1. The summed E-state index contributed by atoms with van der Waals surface area (Å²) in [6.45, 7) is 1.70. The van der Waals surface area contributed by atoms with Gasteiger partial charge in [0.15, 0.2) is 0 Å². The second kappa shape index (κ2) is 8.42. The molecule has 0 radical (unpaired) electrons. The number of anilines is 1. The number of rotatable bonds is 5. The second-order valence-corrected chi connectivity index (χ2v) is 6.55. The maximum absolute atomic E-state index is 12.4. The van der Waals surface area contributed by atoms with Crippen LogP contribution in [0.2, 0.25) is 5.02 Å². The van der Waals surface area contributed by atoms with Gasteiger partial charge in [0, 0.05) is 22.7 Å². The minimum absolute atomic E-state index is 0.00745. The van der Waals surface area contributed by atoms with Crippen molar-refractivity contribution in [1.29, 1.82) is 5.26 Å². The van der Waals surface area contributed by atoms with E-state index in [9.17, 15) is 20.2 Å². The molecule has 0 aliphatic heterocycles. The Kier molecular flexibility index (Phi) is 5.77. The number of furan rings is 1. The van der Waals surface area contributed by atoms with Crippen LogP contribution in [0.25, 0.3) is 17.4 Å². The van der Waals surface area contributed by atoms with Gasteiger partial charge >= 0.3 is 0 Å². The van der Waals surface area contributed by atoms with Gasteiger partial charge in [-0.3, -0.25) is 14.9 Å². The van der Waals surface area contributed by atoms with E-state index in [1.165, 1.54) is 18.2 Å². The summed E-state index contributed by atoms with van der Waals surface area (Å²) in [5, 5.41) is 23.5. The average molecular weight is 408 g/mol. The van der Waals surface area contributed by atoms with E-state index in [4.69, 9.17) is 16.0 Å². The van der Waals surface area contributed by atoms with Gasteiger partial charge in [-0.1, -0.05) is 17.7 Å². The molecule has 1 heterocycles. The van der Waals surface area contributed by atoms with Crippen LogP contribution in [0.3, 0.4) is 0 Å². The number of halogens is 1. The van der Waals surface area contributed by atoms with Gasteiger partial charge in [-0.15, -0.1) is 0 Å². The van der Waals surface area contributed by atoms with Crippen LogP contribution < -0.4 is 5.32 Å². The highest BCUT2D eigenvalue weighted by molar-refractivity contribution is 6.30. The second-order valence-electron chi connectivity index (χ2n) is 6.11. The van der Waals surface area contributed by atoms with Crippen LogP contribution >= 0.6 is 11.6 Å². The molecular weight excluding hydrogens is 394 g/mol. The minimum Gasteiger partial charge on any atom is -0.457 e. The first-order valence-electron chi connectivity index (χ1n) is 8.41. The lowest BCUT2D eigenvalue weighted by atomic mass is 10.1. The highest BCUT2D eigenvalue weighted by atomic mass is 35.5. The molecule has 7 nitrogen and oxygen atoms in total. The number of hydrogen-bond donors (Lipinski definition) is 1. The number of amides is 1. The van der Waals surface area contributed by atoms with Crippen LogP contribution in [-0.4, -0.2) is 10.8 Å². The molecule has 1 aromatic heterocycles. The smallest absolute Gasteiger partial charge is 0.293 e. The summed E-state index contributed by atoms with van der Waals surface area (Å²) in [6, 6.07) is 16.5. The standard InChI is InChI=1S/C21H14ClN3O4/c1-13-2-8-18(19(10-13)25(27)28)24-21(26)15(12-23)11-17-7-9-20(29-17)14-3-5-16(22)6-4-14/h2-11H,1H3,(H,24,26). The van der Waals surface area contributed by atoms with Crippen molar-refractivity contribution < 1.29 is 14.1 Å². The lowest BCUT2D eigenvalue weighted by Gasteiger charge is -2.05. The Morgan fingerprint density at radius 2 is 1.93 bits per heavy atom. The van der Waals surface area contributed by atoms with Crippen molar-refractivity contribution in [2.24, 2.45) is 0 Å². The Balaban J connectivity index is 1.84. The summed E-state index contributed by atoms with van der Waals surface area (Å²) < 4.78 is 5.66. The summed E-state index contributed by atoms with van der Waals surface area (Å²) in [7, 11) is 0. The van der Waals surface area contributed by atoms with Crippen molar-refractivity contribution in [3.8, 4) is 17.4 Å². The zero-order chi connectivity index (χ0) is 21.0. The van der Waals surface area contributed by atoms with Crippen LogP contribution in [0.1, 0.15) is 11.3 Å². The first-order valence-corrected chi connectivity index (χ1v) is 8.79. The molecule has 29 heavy (non-hydrogen) atoms. The van der Waals surface area contributed by atoms with E-state index in [-0.39, 0.29) is 16.9 Å². The number of carbonyl (C=O) groups excluding carboxylic acids is 1. The van der Waals surface area contributed by atoms with Gasteiger partial charge in [0.05, 0.1) is 4.92 Å². The Labute approximate surface area is 171 Å². The quantitative estimate of drug-likeness (QED) is 0.265. The van der Waals surface area contributed by atoms with E-state index < -0.39 is 10.8 Å². The van der Waals surface area contributed by atoms with Gasteiger partial charge in [0.1, 0.15) is 28.9 Å². The number of carbonyl (C=O) groups is 1. The third-order valence-electron chi connectivity index (χ3n) is 4.01. The van der Waals surface area contributed by atoms with Crippen LogP contribution in [0, 0.1) is 28.4 Å². The molecular formula is C21H14ClN3O4. The number of nitriles is 1. The molecule has 2 aromatic carbocycles. The van der Waals surface area contributed by atoms with Crippen LogP contribution in [0.15, 0.2) is 64.6 Å². The first-order chi connectivity index (χ1) is 13.9. The number of hydrogen-bond acceptors (Lipinski definition) is 5. The van der Waals surface area contributed by atoms with Crippen LogP contribution in [-0.2, 0) is 4.79 Å². The third kappa shape index (κ3) is 4.69. The molecule has 0 saturated heterocycles. The molecule has 3 rings (SSSR count). The molecule has 3 aromatic rings. The first kappa shape index (κ1) is 19.9. The van der Waals surface area contributed by atoms with Gasteiger partial charge in [-0.2, -0.15) is 5.26 Å². The predicted octanol–water partition coefficient (Wildman–Crippen LogP) is 5.36. The van der Waals surface area contributed by atoms with E-state index in [1.807, 2.05) is 0 Å². The van der Waals surface area contributed by atoms with Crippen LogP contribution in [0.4, 0.5) is 11.4 Å². The zero-order valence-electron chi connectivity index (χ0n) is 15.2. The van der Waals surface area contributed by atoms with Gasteiger partial charge < -0.3 is 9.73 Å². The largest absolute Gasteiger partial charge is 0.457 e. The Morgan fingerprint density at radius 1 is 1.21 bits per heavy atom. The molecule has 0 atom stereocenters. The number of nitrogens with one attached hydrogen (secondary N) is 1. The van der Waals surface area contributed by atoms with Crippen molar-refractivity contribution in [1.82, 2.24) is 0 Å². The van der Waals surface area contributed by atoms with Gasteiger partial charge in [0.2, 0.25) is 0 Å². The van der Waals surface area contributed by atoms with Crippen molar-refractivity contribution in [3.05, 3.63) is 86.6 Å². The zero-order valence-corrected chi connectivity index (χ0v) is 15.9. The van der Waals surface area contributed by atoms with E-state index in [0.717, 1.165) is 5.56 Å². The van der Waals surface area contributed by atoms with Crippen molar-refractivity contribution in [2.45, 2.75) is 6.92 Å². The fourth-order valence-corrected chi connectivity index (χ4v) is 2.70. The predicted molar refractivity (Wildman–Crippen MR) is 109 cm³/mol. The third-order valence-corrected chi connectivity index (χ3v) is 4.26. The van der Waals surface area contributed by atoms with E-state index >= 15 is 0 Å². The molecule has 0 bridgehead atoms. The molecule has 8 heteroatoms. The van der Waals surface area contributed by atoms with Crippen molar-refractivity contribution in [2.75, 3.05) is 5.32 Å². The highest BCUT2D eigenvalue weighted by Crippen LogP contribution is 2.27. The topological polar surface area (TPSA) is 109 Å². The number of benzene rings is 2. The molecule has 0 spiro atoms. The Morgan fingerprint density at radius 3 is 2.59 bits per heavy atom. The van der Waals surface area contributed by atoms with Crippen molar-refractivity contribution >= 4 is 35.0 Å². The molecule has 1 N–H and O–H groups in total. The summed E-state index contributed by atoms with van der Waals surface area (Å²) in [6.07, 6.45) is 1.27. The number of nitrogens with zero attached hydrogens (tertiary/aromatic N) is 2. The molecule has 1 amide bonds. The highest BCUT2D eigenvalue weighted by Gasteiger charge is 2.18. The fourth-order valence-electron chi connectivity index (χ4n) is 2.58. The van der Waals surface area contributed by atoms with Crippen LogP contribution in [0.5, 0.6) is 0 Å². The molecule has 0 aliphatic rings. The fraction of sp³-hybridized carbons (Fsp3) is 0.0476. The minimum atomic E-state index is -0.774. The average Bonchev–Trinajstić information content (AvgIpc) is 3.16. The van der Waals surface area contributed by atoms with Crippen molar-refractivity contribution in [3.63, 3.8) is 0 Å².